The van der Waals surface area contributed by atoms with Crippen LogP contribution in [-0.4, -0.2) is 71.9 Å². The van der Waals surface area contributed by atoms with E-state index < -0.39 is 58.6 Å². The molecule has 3 aliphatic rings. The number of nitrogens with one attached hydrogen (secondary N) is 2. The minimum Gasteiger partial charge on any atom is -0.477 e. The van der Waals surface area contributed by atoms with E-state index in [2.05, 4.69) is 10.0 Å². The Labute approximate surface area is 167 Å². The molecule has 0 bridgehead atoms. The van der Waals surface area contributed by atoms with Gasteiger partial charge in [0.2, 0.25) is 5.91 Å². The summed E-state index contributed by atoms with van der Waals surface area (Å²) in [5.41, 5.74) is -0.547. The summed E-state index contributed by atoms with van der Waals surface area (Å²) in [6, 6.07) is -1.65. The second kappa shape index (κ2) is 7.33. The number of aliphatic hydroxyl groups is 1. The number of hydrogen-bond donors (Lipinski definition) is 5. The summed E-state index contributed by atoms with van der Waals surface area (Å²) in [6.45, 7) is -1.38. The molecular weight excluding hydrogens is 396 g/mol. The van der Waals surface area contributed by atoms with Gasteiger partial charge in [-0.15, -0.1) is 11.8 Å². The van der Waals surface area contributed by atoms with Gasteiger partial charge in [-0.1, -0.05) is 6.85 Å². The zero-order valence-corrected chi connectivity index (χ0v) is 16.0. The quantitative estimate of drug-likeness (QED) is 0.305. The highest BCUT2D eigenvalue weighted by molar-refractivity contribution is 8.03. The predicted molar refractivity (Wildman–Crippen MR) is 98.5 cm³/mol. The number of rotatable bonds is 7. The summed E-state index contributed by atoms with van der Waals surface area (Å²) in [5, 5.41) is 27.3. The molecule has 0 radical (unpaired) electrons. The van der Waals surface area contributed by atoms with Crippen molar-refractivity contribution in [2.75, 3.05) is 13.1 Å². The third-order valence-electron chi connectivity index (χ3n) is 4.86. The van der Waals surface area contributed by atoms with E-state index in [9.17, 15) is 28.2 Å². The number of carboxylic acids is 1. The smallest absolute Gasteiger partial charge is 0.353 e. The first kappa shape index (κ1) is 15.7. The zero-order chi connectivity index (χ0) is 23.5. The molecule has 0 spiro atoms. The molecule has 12 heteroatoms. The lowest BCUT2D eigenvalue weighted by Gasteiger charge is -2.46. The van der Waals surface area contributed by atoms with Gasteiger partial charge in [0.15, 0.2) is 0 Å². The molecule has 0 aliphatic carbocycles. The lowest BCUT2D eigenvalue weighted by Crippen LogP contribution is -2.63. The van der Waals surface area contributed by atoms with Crippen LogP contribution in [0, 0.1) is 11.8 Å². The van der Waals surface area contributed by atoms with Gasteiger partial charge in [0.25, 0.3) is 10.2 Å². The Morgan fingerprint density at radius 3 is 2.89 bits per heavy atom. The highest BCUT2D eigenvalue weighted by atomic mass is 32.2. The van der Waals surface area contributed by atoms with E-state index >= 15 is 0 Å². The Hall–Kier alpha value is -1.18. The van der Waals surface area contributed by atoms with Gasteiger partial charge >= 0.3 is 5.97 Å². The Morgan fingerprint density at radius 1 is 1.63 bits per heavy atom. The van der Waals surface area contributed by atoms with Crippen LogP contribution in [0.3, 0.4) is 0 Å². The Morgan fingerprint density at radius 2 is 2.33 bits per heavy atom. The van der Waals surface area contributed by atoms with E-state index in [1.54, 1.807) is 0 Å². The summed E-state index contributed by atoms with van der Waals surface area (Å²) in [6.07, 6.45) is -0.902. The monoisotopic (exact) mass is 424 g/mol. The molecule has 0 aromatic rings. The number of β-lactam (4-membered cyclic amide) rings is 1. The molecule has 0 aromatic carbocycles. The summed E-state index contributed by atoms with van der Waals surface area (Å²) in [5.74, 6) is -5.87. The highest BCUT2D eigenvalue weighted by Crippen LogP contribution is 2.51. The summed E-state index contributed by atoms with van der Waals surface area (Å²) < 4.78 is 57.1. The van der Waals surface area contributed by atoms with Crippen molar-refractivity contribution in [2.24, 2.45) is 17.0 Å². The van der Waals surface area contributed by atoms with Gasteiger partial charge in [-0.2, -0.15) is 8.42 Å². The second-order valence-electron chi connectivity index (χ2n) is 6.79. The van der Waals surface area contributed by atoms with Gasteiger partial charge in [-0.3, -0.25) is 4.79 Å². The Bertz CT molecular complexity index is 927. The van der Waals surface area contributed by atoms with Crippen molar-refractivity contribution in [3.8, 4) is 0 Å². The average Bonchev–Trinajstić information content (AvgIpc) is 3.13. The third-order valence-corrected chi connectivity index (χ3v) is 6.77. The molecule has 3 rings (SSSR count). The van der Waals surface area contributed by atoms with Gasteiger partial charge in [0.05, 0.1) is 18.1 Å². The maximum absolute atomic E-state index is 12.5. The fourth-order valence-corrected chi connectivity index (χ4v) is 5.46. The van der Waals surface area contributed by atoms with Crippen LogP contribution in [0.25, 0.3) is 0 Å². The minimum atomic E-state index is -3.89. The van der Waals surface area contributed by atoms with E-state index in [4.69, 9.17) is 10.6 Å². The number of aliphatic carboxylic acids is 1. The molecule has 3 aliphatic heterocycles. The van der Waals surface area contributed by atoms with Crippen molar-refractivity contribution >= 4 is 33.8 Å². The van der Waals surface area contributed by atoms with E-state index in [0.717, 1.165) is 16.7 Å². The van der Waals surface area contributed by atoms with Crippen molar-refractivity contribution < 1.29 is 33.7 Å². The van der Waals surface area contributed by atoms with Crippen LogP contribution in [0.15, 0.2) is 10.6 Å². The fourth-order valence-electron chi connectivity index (χ4n) is 3.64. The number of fused-ring (bicyclic) bond motifs is 1. The normalized spacial score (nSPS) is 40.0. The number of hydrogen-bond acceptors (Lipinski definition) is 7. The molecule has 2 saturated heterocycles. The zero-order valence-electron chi connectivity index (χ0n) is 18.4. The average molecular weight is 425 g/mol. The number of carbonyl (C=O) groups is 2. The van der Waals surface area contributed by atoms with Crippen LogP contribution in [0.1, 0.15) is 25.7 Å². The molecule has 0 unspecified atom stereocenters. The van der Waals surface area contributed by atoms with Crippen LogP contribution in [0.5, 0.6) is 0 Å². The van der Waals surface area contributed by atoms with Crippen LogP contribution in [0.2, 0.25) is 0 Å². The molecule has 10 nitrogen and oxygen atoms in total. The highest BCUT2D eigenvalue weighted by Gasteiger charge is 2.60. The van der Waals surface area contributed by atoms with Crippen LogP contribution in [-0.2, 0) is 19.8 Å². The molecule has 0 saturated carbocycles. The molecule has 6 N–H and O–H groups in total. The first-order chi connectivity index (χ1) is 14.1. The Balaban J connectivity index is 1.92. The maximum Gasteiger partial charge on any atom is 0.353 e. The van der Waals surface area contributed by atoms with Gasteiger partial charge in [-0.05, 0) is 13.3 Å². The molecule has 27 heavy (non-hydrogen) atoms. The molecule has 3 heterocycles. The predicted octanol–water partition coefficient (Wildman–Crippen LogP) is -1.60. The van der Waals surface area contributed by atoms with Crippen LogP contribution < -0.4 is 15.2 Å². The number of thioether (sulfide) groups is 1. The summed E-state index contributed by atoms with van der Waals surface area (Å²) in [7, 11) is -3.89. The van der Waals surface area contributed by atoms with Gasteiger partial charge in [-0.25, -0.2) is 14.7 Å². The number of carboxylic acid groups (broad SMARTS) is 1. The van der Waals surface area contributed by atoms with Crippen LogP contribution >= 0.6 is 11.8 Å². The third kappa shape index (κ3) is 3.87. The van der Waals surface area contributed by atoms with Crippen molar-refractivity contribution in [1.82, 2.24) is 14.9 Å². The van der Waals surface area contributed by atoms with Gasteiger partial charge in [0.1, 0.15) is 5.70 Å². The number of nitrogens with two attached hydrogens (primary N) is 1. The number of amides is 1. The fraction of sp³-hybridized carbons (Fsp3) is 0.733. The SMILES string of the molecule is [2H]C([2H])([2H])[C@@]1([2H])C(S[C@@H]2CN[C@H](CNS(N)(=O)=O)C2)=C(C(=O)O)N2C(=O)[C@H]([C@@H](C)O)[C@H]21. The van der Waals surface area contributed by atoms with E-state index in [0.29, 0.717) is 13.0 Å². The lowest BCUT2D eigenvalue weighted by molar-refractivity contribution is -0.163. The molecule has 1 amide bonds. The molecule has 6 atom stereocenters. The largest absolute Gasteiger partial charge is 0.477 e. The van der Waals surface area contributed by atoms with E-state index in [1.165, 1.54) is 6.92 Å². The van der Waals surface area contributed by atoms with Crippen molar-refractivity contribution in [3.63, 3.8) is 0 Å². The molecule has 2 fully saturated rings. The lowest BCUT2D eigenvalue weighted by atomic mass is 9.79. The van der Waals surface area contributed by atoms with E-state index in [-0.39, 0.29) is 22.7 Å². The molecular formula is C15H24N4O6S2. The van der Waals surface area contributed by atoms with Crippen molar-refractivity contribution in [1.29, 1.82) is 0 Å². The van der Waals surface area contributed by atoms with Gasteiger partial charge < -0.3 is 20.4 Å². The van der Waals surface area contributed by atoms with E-state index in [1.807, 2.05) is 0 Å². The minimum absolute atomic E-state index is 0.0106. The summed E-state index contributed by atoms with van der Waals surface area (Å²) >= 11 is 0.890. The second-order valence-corrected chi connectivity index (χ2v) is 9.48. The topological polar surface area (TPSA) is 162 Å². The van der Waals surface area contributed by atoms with Crippen molar-refractivity contribution in [3.05, 3.63) is 10.6 Å². The number of carbonyl (C=O) groups excluding carboxylic acids is 1. The maximum atomic E-state index is 12.5. The molecule has 152 valence electrons. The number of aliphatic hydroxyl groups excluding tert-OH is 1. The first-order valence-electron chi connectivity index (χ1n) is 10.3. The standard InChI is InChI=1S/C15H24N4O6S2/c1-6-11-10(7(2)20)14(21)19(11)12(15(22)23)13(6)26-9-3-8(17-5-9)4-18-27(16,24)25/h6-11,17-18,20H,3-5H2,1-2H3,(H,22,23)(H2,16,24,25)/t6-,7-,8+,9+,10-,11-/m1/s1/i1D3,6D. The first-order valence-corrected chi connectivity index (χ1v) is 10.7. The van der Waals surface area contributed by atoms with Gasteiger partial charge in [0, 0.05) is 40.7 Å². The Kier molecular flexibility index (Phi) is 4.27. The summed E-state index contributed by atoms with van der Waals surface area (Å²) in [4.78, 5) is 25.1. The molecule has 0 aromatic heterocycles. The van der Waals surface area contributed by atoms with Crippen molar-refractivity contribution in [2.45, 2.75) is 43.6 Å². The van der Waals surface area contributed by atoms with Crippen LogP contribution in [0.4, 0.5) is 0 Å². The number of nitrogens with zero attached hydrogens (tertiary/aromatic N) is 1.